The summed E-state index contributed by atoms with van der Waals surface area (Å²) in [6.45, 7) is 2.42. The maximum atomic E-state index is 12.7. The summed E-state index contributed by atoms with van der Waals surface area (Å²) in [5.41, 5.74) is 6.74. The van der Waals surface area contributed by atoms with E-state index in [1.807, 2.05) is 42.3 Å². The molecule has 4 aromatic heterocycles. The molecule has 8 heteroatoms. The van der Waals surface area contributed by atoms with Gasteiger partial charge >= 0.3 is 0 Å². The van der Waals surface area contributed by atoms with Crippen LogP contribution < -0.4 is 0 Å². The molecule has 35 heavy (non-hydrogen) atoms. The van der Waals surface area contributed by atoms with Gasteiger partial charge in [-0.25, -0.2) is 4.98 Å². The second-order valence-corrected chi connectivity index (χ2v) is 9.24. The number of carbonyl (C=O) groups is 1. The molecule has 0 radical (unpaired) electrons. The van der Waals surface area contributed by atoms with E-state index in [1.165, 1.54) is 0 Å². The number of amides is 1. The molecule has 2 aliphatic rings. The fourth-order valence-corrected chi connectivity index (χ4v) is 5.27. The molecule has 5 aromatic rings. The highest BCUT2D eigenvalue weighted by atomic mass is 16.2. The van der Waals surface area contributed by atoms with Crippen molar-refractivity contribution in [3.8, 4) is 33.6 Å². The minimum atomic E-state index is 0.0329. The normalized spacial score (nSPS) is 15.0. The lowest BCUT2D eigenvalue weighted by molar-refractivity contribution is 0.0751. The van der Waals surface area contributed by atoms with E-state index in [2.05, 4.69) is 55.1 Å². The van der Waals surface area contributed by atoms with Crippen LogP contribution in [0.15, 0.2) is 61.1 Å². The highest BCUT2D eigenvalue weighted by Crippen LogP contribution is 2.33. The van der Waals surface area contributed by atoms with Crippen LogP contribution in [0.5, 0.6) is 0 Å². The zero-order valence-corrected chi connectivity index (χ0v) is 19.3. The number of rotatable bonds is 3. The Bertz CT molecular complexity index is 1610. The molecule has 7 rings (SSSR count). The molecule has 0 saturated heterocycles. The Hall–Kier alpha value is -4.33. The van der Waals surface area contributed by atoms with Crippen molar-refractivity contribution >= 4 is 16.9 Å². The van der Waals surface area contributed by atoms with Crippen LogP contribution >= 0.6 is 0 Å². The van der Waals surface area contributed by atoms with Gasteiger partial charge in [-0.05, 0) is 35.7 Å². The minimum Gasteiger partial charge on any atom is -0.339 e. The Kier molecular flexibility index (Phi) is 4.36. The Morgan fingerprint density at radius 3 is 2.54 bits per heavy atom. The number of aromatic nitrogens is 6. The number of likely N-dealkylation sites (N-methyl/N-ethyl adjacent to an activating group) is 1. The fourth-order valence-electron chi connectivity index (χ4n) is 5.27. The van der Waals surface area contributed by atoms with E-state index in [0.29, 0.717) is 12.2 Å². The zero-order valence-electron chi connectivity index (χ0n) is 19.3. The molecule has 0 fully saturated rings. The zero-order chi connectivity index (χ0) is 23.5. The third-order valence-electron chi connectivity index (χ3n) is 7.16. The second-order valence-electron chi connectivity index (χ2n) is 9.24. The summed E-state index contributed by atoms with van der Waals surface area (Å²) in [4.78, 5) is 23.6. The van der Waals surface area contributed by atoms with Gasteiger partial charge in [-0.3, -0.25) is 9.78 Å². The van der Waals surface area contributed by atoms with Gasteiger partial charge < -0.3 is 14.0 Å². The van der Waals surface area contributed by atoms with Crippen molar-refractivity contribution in [2.45, 2.75) is 25.9 Å². The Balaban J connectivity index is 1.26. The predicted molar refractivity (Wildman–Crippen MR) is 133 cm³/mol. The summed E-state index contributed by atoms with van der Waals surface area (Å²) >= 11 is 0. The molecule has 2 aliphatic heterocycles. The minimum absolute atomic E-state index is 0.0329. The van der Waals surface area contributed by atoms with Crippen LogP contribution in [-0.2, 0) is 19.5 Å². The number of pyridine rings is 2. The molecule has 0 saturated carbocycles. The Labute approximate surface area is 201 Å². The van der Waals surface area contributed by atoms with Crippen molar-refractivity contribution in [2.24, 2.45) is 0 Å². The number of benzene rings is 1. The van der Waals surface area contributed by atoms with Crippen molar-refractivity contribution in [2.75, 3.05) is 13.6 Å². The summed E-state index contributed by atoms with van der Waals surface area (Å²) in [6, 6.07) is 14.5. The van der Waals surface area contributed by atoms with Gasteiger partial charge in [-0.15, -0.1) is 10.2 Å². The lowest BCUT2D eigenvalue weighted by Gasteiger charge is -2.24. The summed E-state index contributed by atoms with van der Waals surface area (Å²) in [7, 11) is 1.84. The lowest BCUT2D eigenvalue weighted by atomic mass is 10.00. The second kappa shape index (κ2) is 7.59. The number of fused-ring (bicyclic) bond motifs is 4. The van der Waals surface area contributed by atoms with Crippen molar-refractivity contribution in [1.29, 1.82) is 0 Å². The van der Waals surface area contributed by atoms with Crippen LogP contribution in [0.2, 0.25) is 0 Å². The summed E-state index contributed by atoms with van der Waals surface area (Å²) in [6.07, 6.45) is 7.70. The van der Waals surface area contributed by atoms with Gasteiger partial charge in [-0.2, -0.15) is 0 Å². The van der Waals surface area contributed by atoms with Crippen LogP contribution in [0.1, 0.15) is 22.7 Å². The molecule has 172 valence electrons. The molecular weight excluding hydrogens is 438 g/mol. The van der Waals surface area contributed by atoms with E-state index in [0.717, 1.165) is 76.4 Å². The molecule has 0 aliphatic carbocycles. The van der Waals surface area contributed by atoms with E-state index in [-0.39, 0.29) is 5.91 Å². The van der Waals surface area contributed by atoms with Crippen LogP contribution in [0.4, 0.5) is 0 Å². The largest absolute Gasteiger partial charge is 0.339 e. The molecular formula is C27H23N7O. The van der Waals surface area contributed by atoms with Crippen molar-refractivity contribution < 1.29 is 4.79 Å². The van der Waals surface area contributed by atoms with Gasteiger partial charge in [0.15, 0.2) is 5.82 Å². The molecule has 8 nitrogen and oxygen atoms in total. The Morgan fingerprint density at radius 2 is 1.66 bits per heavy atom. The van der Waals surface area contributed by atoms with Crippen LogP contribution in [0.25, 0.3) is 44.7 Å². The first kappa shape index (κ1) is 20.1. The molecule has 1 aromatic carbocycles. The average molecular weight is 462 g/mol. The highest BCUT2D eigenvalue weighted by molar-refractivity contribution is 6.03. The molecule has 0 spiro atoms. The lowest BCUT2D eigenvalue weighted by Crippen LogP contribution is -2.36. The fraction of sp³-hybridized carbons (Fsp3) is 0.222. The standard InChI is InChI=1S/C27H23N7O/c1-32-11-12-33-23(27(32)35)14-22-21(8-9-29-26(22)33)20-13-19(15-28-16-20)17-4-6-18(7-5-17)25-31-30-24-3-2-10-34(24)25/h4-9,13-16H,2-3,10-12H2,1H3. The molecule has 0 bridgehead atoms. The van der Waals surface area contributed by atoms with Crippen LogP contribution in [0, 0.1) is 0 Å². The van der Waals surface area contributed by atoms with E-state index in [9.17, 15) is 4.79 Å². The van der Waals surface area contributed by atoms with Gasteiger partial charge in [0.05, 0.1) is 0 Å². The van der Waals surface area contributed by atoms with Gasteiger partial charge in [0.2, 0.25) is 0 Å². The van der Waals surface area contributed by atoms with Crippen molar-refractivity contribution in [1.82, 2.24) is 34.2 Å². The first-order chi connectivity index (χ1) is 17.2. The molecule has 1 amide bonds. The van der Waals surface area contributed by atoms with Gasteiger partial charge in [-0.1, -0.05) is 24.3 Å². The third-order valence-corrected chi connectivity index (χ3v) is 7.16. The molecule has 0 N–H and O–H groups in total. The maximum Gasteiger partial charge on any atom is 0.270 e. The van der Waals surface area contributed by atoms with Crippen molar-refractivity contribution in [3.63, 3.8) is 0 Å². The van der Waals surface area contributed by atoms with E-state index in [1.54, 1.807) is 4.90 Å². The monoisotopic (exact) mass is 461 g/mol. The smallest absolute Gasteiger partial charge is 0.270 e. The van der Waals surface area contributed by atoms with Crippen molar-refractivity contribution in [3.05, 3.63) is 72.6 Å². The molecule has 0 atom stereocenters. The van der Waals surface area contributed by atoms with Gasteiger partial charge in [0.1, 0.15) is 17.2 Å². The molecule has 6 heterocycles. The quantitative estimate of drug-likeness (QED) is 0.405. The number of carbonyl (C=O) groups excluding carboxylic acids is 1. The third kappa shape index (κ3) is 3.10. The number of hydrogen-bond acceptors (Lipinski definition) is 5. The number of hydrogen-bond donors (Lipinski definition) is 0. The summed E-state index contributed by atoms with van der Waals surface area (Å²) in [5, 5.41) is 9.70. The number of aryl methyl sites for hydroxylation is 1. The topological polar surface area (TPSA) is 81.7 Å². The highest BCUT2D eigenvalue weighted by Gasteiger charge is 2.25. The summed E-state index contributed by atoms with van der Waals surface area (Å²) < 4.78 is 4.24. The van der Waals surface area contributed by atoms with E-state index < -0.39 is 0 Å². The first-order valence-corrected chi connectivity index (χ1v) is 11.9. The van der Waals surface area contributed by atoms with Crippen LogP contribution in [-0.4, -0.2) is 53.7 Å². The summed E-state index contributed by atoms with van der Waals surface area (Å²) in [5.74, 6) is 2.05. The van der Waals surface area contributed by atoms with Gasteiger partial charge in [0, 0.05) is 73.8 Å². The molecule has 0 unspecified atom stereocenters. The number of nitrogens with zero attached hydrogens (tertiary/aromatic N) is 7. The first-order valence-electron chi connectivity index (χ1n) is 11.9. The van der Waals surface area contributed by atoms with Gasteiger partial charge in [0.25, 0.3) is 5.91 Å². The van der Waals surface area contributed by atoms with Crippen LogP contribution in [0.3, 0.4) is 0 Å². The average Bonchev–Trinajstić information content (AvgIpc) is 3.61. The SMILES string of the molecule is CN1CCn2c(cc3c(-c4cncc(-c5ccc(-c6nnc7n6CCC7)cc5)c4)ccnc32)C1=O. The Morgan fingerprint density at radius 1 is 0.829 bits per heavy atom. The van der Waals surface area contributed by atoms with E-state index >= 15 is 0 Å². The predicted octanol–water partition coefficient (Wildman–Crippen LogP) is 4.06. The van der Waals surface area contributed by atoms with E-state index in [4.69, 9.17) is 0 Å². The maximum absolute atomic E-state index is 12.7.